The molecule has 2 heteroatoms. The summed E-state index contributed by atoms with van der Waals surface area (Å²) in [6.45, 7) is 0. The fourth-order valence-corrected chi connectivity index (χ4v) is 1.54. The number of para-hydroxylation sites is 1. The number of hydrogen-bond acceptors (Lipinski definition) is 2. The zero-order chi connectivity index (χ0) is 7.97. The number of allylic oxidation sites excluding steroid dienone is 1. The molecule has 0 saturated carbocycles. The minimum Gasteiger partial charge on any atom is -0.241 e. The van der Waals surface area contributed by atoms with Crippen molar-refractivity contribution in [3.05, 3.63) is 36.0 Å². The summed E-state index contributed by atoms with van der Waals surface area (Å²) in [6, 6.07) is 8.12. The molecule has 0 unspecified atom stereocenters. The van der Waals surface area contributed by atoms with Crippen molar-refractivity contribution in [1.82, 2.24) is 4.99 Å². The van der Waals surface area contributed by atoms with E-state index in [9.17, 15) is 0 Å². The number of nitrogens with zero attached hydrogens (tertiary/aromatic N) is 2. The largest absolute Gasteiger partial charge is 0.268 e. The van der Waals surface area contributed by atoms with Crippen LogP contribution in [0.3, 0.4) is 0 Å². The number of fused-ring (bicyclic) bond motifs is 3. The second-order valence-corrected chi connectivity index (χ2v) is 2.84. The van der Waals surface area contributed by atoms with E-state index in [2.05, 4.69) is 16.1 Å². The van der Waals surface area contributed by atoms with E-state index in [1.165, 1.54) is 5.56 Å². The van der Waals surface area contributed by atoms with E-state index < -0.39 is 0 Å². The van der Waals surface area contributed by atoms with E-state index in [1.807, 2.05) is 24.4 Å². The Morgan fingerprint density at radius 2 is 2.08 bits per heavy atom. The van der Waals surface area contributed by atoms with Crippen molar-refractivity contribution in [3.63, 3.8) is 0 Å². The molecule has 0 saturated heterocycles. The molecule has 0 atom stereocenters. The summed E-state index contributed by atoms with van der Waals surface area (Å²) < 4.78 is 0. The van der Waals surface area contributed by atoms with Crippen LogP contribution in [0.5, 0.6) is 0 Å². The third-order valence-corrected chi connectivity index (χ3v) is 2.11. The molecule has 1 aromatic carbocycles. The van der Waals surface area contributed by atoms with Crippen molar-refractivity contribution < 1.29 is 0 Å². The molecule has 2 aliphatic rings. The lowest BCUT2D eigenvalue weighted by atomic mass is 10.1. The van der Waals surface area contributed by atoms with Gasteiger partial charge in [-0.15, -0.1) is 0 Å². The standard InChI is InChI=1S/C10H6N2/c1-2-4-9-7(3-1)8-5-11-6-10(8)12-9/h1-6H/q+1. The van der Waals surface area contributed by atoms with Crippen LogP contribution in [0.2, 0.25) is 0 Å². The molecule has 2 aliphatic heterocycles. The number of benzene rings is 1. The lowest BCUT2D eigenvalue weighted by molar-refractivity contribution is 1.44. The van der Waals surface area contributed by atoms with Gasteiger partial charge in [0.15, 0.2) is 0 Å². The van der Waals surface area contributed by atoms with Crippen LogP contribution in [0.1, 0.15) is 5.56 Å². The number of rotatable bonds is 0. The molecule has 0 spiro atoms. The third-order valence-electron chi connectivity index (χ3n) is 2.11. The van der Waals surface area contributed by atoms with Crippen LogP contribution < -0.4 is 4.99 Å². The van der Waals surface area contributed by atoms with Gasteiger partial charge < -0.3 is 0 Å². The maximum absolute atomic E-state index is 4.41. The average Bonchev–Trinajstić information content (AvgIpc) is 2.62. The number of aliphatic imine (C=N–C) groups is 2. The third kappa shape index (κ3) is 0.593. The Bertz CT molecular complexity index is 439. The van der Waals surface area contributed by atoms with E-state index in [-0.39, 0.29) is 0 Å². The molecule has 2 nitrogen and oxygen atoms in total. The van der Waals surface area contributed by atoms with Crippen LogP contribution in [0.4, 0.5) is 5.69 Å². The molecule has 12 heavy (non-hydrogen) atoms. The summed E-state index contributed by atoms with van der Waals surface area (Å²) in [6.07, 6.45) is 3.67. The Morgan fingerprint density at radius 3 is 3.08 bits per heavy atom. The molecule has 0 fully saturated rings. The van der Waals surface area contributed by atoms with Crippen LogP contribution in [0.25, 0.3) is 5.57 Å². The molecule has 1 aromatic rings. The monoisotopic (exact) mass is 154 g/mol. The van der Waals surface area contributed by atoms with Gasteiger partial charge in [-0.3, -0.25) is 0 Å². The molecule has 0 bridgehead atoms. The molecule has 0 aromatic heterocycles. The second-order valence-electron chi connectivity index (χ2n) is 2.84. The van der Waals surface area contributed by atoms with Crippen molar-refractivity contribution in [2.24, 2.45) is 4.99 Å². The SMILES string of the molecule is C1=[N+]C=C2C1=Nc1ccccc12. The molecule has 2 heterocycles. The van der Waals surface area contributed by atoms with Crippen LogP contribution in [-0.2, 0) is 0 Å². The van der Waals surface area contributed by atoms with E-state index >= 15 is 0 Å². The Hall–Kier alpha value is -1.70. The molecule has 1 radical (unpaired) electrons. The van der Waals surface area contributed by atoms with Gasteiger partial charge in [-0.2, -0.15) is 0 Å². The molecular weight excluding hydrogens is 148 g/mol. The van der Waals surface area contributed by atoms with E-state index in [0.29, 0.717) is 0 Å². The molecule has 3 rings (SSSR count). The first-order chi connectivity index (χ1) is 5.95. The Labute approximate surface area is 70.0 Å². The molecule has 55 valence electrons. The van der Waals surface area contributed by atoms with Gasteiger partial charge in [0.1, 0.15) is 5.71 Å². The van der Waals surface area contributed by atoms with Crippen LogP contribution in [0, 0.1) is 0 Å². The Kier molecular flexibility index (Phi) is 0.939. The van der Waals surface area contributed by atoms with Crippen molar-refractivity contribution >= 4 is 23.2 Å². The van der Waals surface area contributed by atoms with E-state index in [1.54, 1.807) is 6.21 Å². The summed E-state index contributed by atoms with van der Waals surface area (Å²) in [5, 5.41) is 0. The molecule has 0 amide bonds. The van der Waals surface area contributed by atoms with Gasteiger partial charge in [0.2, 0.25) is 0 Å². The first kappa shape index (κ1) is 5.89. The van der Waals surface area contributed by atoms with Crippen molar-refractivity contribution in [3.8, 4) is 0 Å². The van der Waals surface area contributed by atoms with Gasteiger partial charge in [0.05, 0.1) is 16.3 Å². The predicted molar refractivity (Wildman–Crippen MR) is 49.7 cm³/mol. The minimum atomic E-state index is 0.996. The van der Waals surface area contributed by atoms with E-state index in [0.717, 1.165) is 17.0 Å². The van der Waals surface area contributed by atoms with Gasteiger partial charge in [0.25, 0.3) is 12.4 Å². The smallest absolute Gasteiger partial charge is 0.241 e. The first-order valence-corrected chi connectivity index (χ1v) is 3.87. The van der Waals surface area contributed by atoms with Crippen LogP contribution >= 0.6 is 0 Å². The van der Waals surface area contributed by atoms with Crippen LogP contribution in [0.15, 0.2) is 35.5 Å². The highest BCUT2D eigenvalue weighted by molar-refractivity contribution is 6.54. The minimum absolute atomic E-state index is 0.996. The molecular formula is C10H6N2+. The zero-order valence-electron chi connectivity index (χ0n) is 6.36. The lowest BCUT2D eigenvalue weighted by Gasteiger charge is -1.92. The first-order valence-electron chi connectivity index (χ1n) is 3.87. The normalized spacial score (nSPS) is 17.0. The maximum atomic E-state index is 4.41. The summed E-state index contributed by atoms with van der Waals surface area (Å²) in [7, 11) is 0. The quantitative estimate of drug-likeness (QED) is 0.542. The van der Waals surface area contributed by atoms with Crippen molar-refractivity contribution in [2.45, 2.75) is 0 Å². The molecule has 0 aliphatic carbocycles. The van der Waals surface area contributed by atoms with Gasteiger partial charge in [-0.25, -0.2) is 4.99 Å². The maximum Gasteiger partial charge on any atom is 0.268 e. The highest BCUT2D eigenvalue weighted by atomic mass is 14.9. The lowest BCUT2D eigenvalue weighted by Crippen LogP contribution is -1.92. The van der Waals surface area contributed by atoms with Crippen LogP contribution in [-0.4, -0.2) is 11.9 Å². The van der Waals surface area contributed by atoms with Gasteiger partial charge in [0, 0.05) is 5.56 Å². The van der Waals surface area contributed by atoms with Gasteiger partial charge in [-0.05, 0) is 6.07 Å². The molecule has 0 N–H and O–H groups in total. The zero-order valence-corrected chi connectivity index (χ0v) is 6.36. The fourth-order valence-electron chi connectivity index (χ4n) is 1.54. The van der Waals surface area contributed by atoms with E-state index in [4.69, 9.17) is 0 Å². The summed E-state index contributed by atoms with van der Waals surface area (Å²) in [5.41, 5.74) is 4.41. The number of hydrogen-bond donors (Lipinski definition) is 0. The Balaban J connectivity index is 2.33. The summed E-state index contributed by atoms with van der Waals surface area (Å²) >= 11 is 0. The topological polar surface area (TPSA) is 26.5 Å². The van der Waals surface area contributed by atoms with Gasteiger partial charge >= 0.3 is 0 Å². The van der Waals surface area contributed by atoms with Crippen molar-refractivity contribution in [2.75, 3.05) is 0 Å². The fraction of sp³-hybridized carbons (Fsp3) is 0. The highest BCUT2D eigenvalue weighted by Gasteiger charge is 2.27. The summed E-state index contributed by atoms with van der Waals surface area (Å²) in [4.78, 5) is 8.46. The summed E-state index contributed by atoms with van der Waals surface area (Å²) in [5.74, 6) is 0. The second kappa shape index (κ2) is 1.91. The average molecular weight is 154 g/mol. The predicted octanol–water partition coefficient (Wildman–Crippen LogP) is 1.53. The van der Waals surface area contributed by atoms with Gasteiger partial charge in [-0.1, -0.05) is 18.2 Å². The highest BCUT2D eigenvalue weighted by Crippen LogP contribution is 2.34. The Morgan fingerprint density at radius 1 is 1.17 bits per heavy atom. The van der Waals surface area contributed by atoms with Crippen molar-refractivity contribution in [1.29, 1.82) is 0 Å².